The van der Waals surface area contributed by atoms with Gasteiger partial charge >= 0.3 is 0 Å². The Hall–Kier alpha value is -0.640. The van der Waals surface area contributed by atoms with Crippen LogP contribution in [-0.4, -0.2) is 5.11 Å². The summed E-state index contributed by atoms with van der Waals surface area (Å²) in [4.78, 5) is 5.01. The molecule has 0 fully saturated rings. The van der Waals surface area contributed by atoms with Crippen molar-refractivity contribution in [3.05, 3.63) is 42.8 Å². The van der Waals surface area contributed by atoms with Gasteiger partial charge in [-0.1, -0.05) is 0 Å². The maximum absolute atomic E-state index is 10.5. The second kappa shape index (κ2) is 4.23. The van der Waals surface area contributed by atoms with Crippen LogP contribution in [-0.2, 0) is 12.8 Å². The van der Waals surface area contributed by atoms with Crippen LogP contribution in [0.2, 0.25) is 0 Å². The topological polar surface area (TPSA) is 20.2 Å². The maximum atomic E-state index is 10.5. The molecule has 2 aromatic rings. The summed E-state index contributed by atoms with van der Waals surface area (Å²) < 4.78 is 0. The summed E-state index contributed by atoms with van der Waals surface area (Å²) in [5.41, 5.74) is 2.68. The van der Waals surface area contributed by atoms with Gasteiger partial charge in [0.1, 0.15) is 6.10 Å². The van der Waals surface area contributed by atoms with E-state index in [1.807, 2.05) is 0 Å². The predicted molar refractivity (Wildman–Crippen MR) is 74.2 cm³/mol. The van der Waals surface area contributed by atoms with E-state index in [-0.39, 0.29) is 0 Å². The molecular weight excluding hydrogens is 248 g/mol. The minimum atomic E-state index is -0.413. The van der Waals surface area contributed by atoms with Crippen molar-refractivity contribution in [3.63, 3.8) is 0 Å². The summed E-state index contributed by atoms with van der Waals surface area (Å²) in [6, 6.07) is 4.37. The molecule has 1 aliphatic rings. The molecule has 2 heterocycles. The highest BCUT2D eigenvalue weighted by Crippen LogP contribution is 2.38. The standard InChI is InChI=1S/C14H16OS2/c1-8-6-9(2)16-14(8)13(15)12-7-10-4-3-5-11(10)17-12/h6-7,13,15H,3-5H2,1-2H3. The van der Waals surface area contributed by atoms with Crippen LogP contribution in [0.4, 0.5) is 0 Å². The molecule has 0 aromatic carbocycles. The van der Waals surface area contributed by atoms with Gasteiger partial charge < -0.3 is 5.11 Å². The Kier molecular flexibility index (Phi) is 2.85. The van der Waals surface area contributed by atoms with Crippen LogP contribution < -0.4 is 0 Å². The molecule has 0 saturated heterocycles. The first kappa shape index (κ1) is 11.5. The fraction of sp³-hybridized carbons (Fsp3) is 0.429. The second-order valence-electron chi connectivity index (χ2n) is 4.76. The Morgan fingerprint density at radius 3 is 2.65 bits per heavy atom. The molecule has 1 aliphatic carbocycles. The summed E-state index contributed by atoms with van der Waals surface area (Å²) in [5, 5.41) is 10.5. The molecule has 3 heteroatoms. The van der Waals surface area contributed by atoms with E-state index in [9.17, 15) is 5.11 Å². The Labute approximate surface area is 110 Å². The van der Waals surface area contributed by atoms with E-state index < -0.39 is 6.10 Å². The Morgan fingerprint density at radius 2 is 2.00 bits per heavy atom. The highest BCUT2D eigenvalue weighted by Gasteiger charge is 2.21. The Morgan fingerprint density at radius 1 is 1.18 bits per heavy atom. The minimum absolute atomic E-state index is 0.413. The average Bonchev–Trinajstić information content (AvgIpc) is 2.90. The monoisotopic (exact) mass is 264 g/mol. The maximum Gasteiger partial charge on any atom is 0.123 e. The smallest absolute Gasteiger partial charge is 0.123 e. The highest BCUT2D eigenvalue weighted by molar-refractivity contribution is 7.13. The third-order valence-corrected chi connectivity index (χ3v) is 5.86. The first-order valence-corrected chi connectivity index (χ1v) is 7.65. The van der Waals surface area contributed by atoms with Crippen molar-refractivity contribution in [2.45, 2.75) is 39.2 Å². The van der Waals surface area contributed by atoms with Gasteiger partial charge in [-0.3, -0.25) is 0 Å². The molecule has 0 aliphatic heterocycles. The van der Waals surface area contributed by atoms with Crippen LogP contribution in [0, 0.1) is 13.8 Å². The van der Waals surface area contributed by atoms with Crippen molar-refractivity contribution in [3.8, 4) is 0 Å². The van der Waals surface area contributed by atoms with Gasteiger partial charge in [0.25, 0.3) is 0 Å². The molecule has 1 unspecified atom stereocenters. The summed E-state index contributed by atoms with van der Waals surface area (Å²) in [7, 11) is 0. The summed E-state index contributed by atoms with van der Waals surface area (Å²) in [6.07, 6.45) is 3.27. The number of thiophene rings is 2. The largest absolute Gasteiger partial charge is 0.382 e. The lowest BCUT2D eigenvalue weighted by Gasteiger charge is -2.07. The van der Waals surface area contributed by atoms with Crippen LogP contribution >= 0.6 is 22.7 Å². The van der Waals surface area contributed by atoms with Crippen molar-refractivity contribution in [2.75, 3.05) is 0 Å². The van der Waals surface area contributed by atoms with Gasteiger partial charge in [0.15, 0.2) is 0 Å². The zero-order valence-electron chi connectivity index (χ0n) is 10.1. The normalized spacial score (nSPS) is 16.2. The van der Waals surface area contributed by atoms with Gasteiger partial charge in [-0.05, 0) is 56.4 Å². The van der Waals surface area contributed by atoms with E-state index in [4.69, 9.17) is 0 Å². The van der Waals surface area contributed by atoms with Crippen LogP contribution in [0.3, 0.4) is 0 Å². The van der Waals surface area contributed by atoms with Gasteiger partial charge in [-0.2, -0.15) is 0 Å². The lowest BCUT2D eigenvalue weighted by molar-refractivity contribution is 0.227. The van der Waals surface area contributed by atoms with E-state index in [2.05, 4.69) is 26.0 Å². The van der Waals surface area contributed by atoms with Crippen molar-refractivity contribution >= 4 is 22.7 Å². The Balaban J connectivity index is 1.95. The quantitative estimate of drug-likeness (QED) is 0.869. The molecule has 0 radical (unpaired) electrons. The molecule has 90 valence electrons. The Bertz CT molecular complexity index is 529. The summed E-state index contributed by atoms with van der Waals surface area (Å²) in [5.74, 6) is 0. The zero-order valence-corrected chi connectivity index (χ0v) is 11.8. The van der Waals surface area contributed by atoms with Crippen molar-refractivity contribution in [1.29, 1.82) is 0 Å². The predicted octanol–water partition coefficient (Wildman–Crippen LogP) is 4.00. The molecular formula is C14H16OS2. The third-order valence-electron chi connectivity index (χ3n) is 3.36. The minimum Gasteiger partial charge on any atom is -0.382 e. The first-order valence-electron chi connectivity index (χ1n) is 6.01. The summed E-state index contributed by atoms with van der Waals surface area (Å²) in [6.45, 7) is 4.19. The van der Waals surface area contributed by atoms with E-state index in [0.29, 0.717) is 0 Å². The number of hydrogen-bond donors (Lipinski definition) is 1. The van der Waals surface area contributed by atoms with Crippen LogP contribution in [0.15, 0.2) is 12.1 Å². The van der Waals surface area contributed by atoms with Gasteiger partial charge in [-0.25, -0.2) is 0 Å². The molecule has 17 heavy (non-hydrogen) atoms. The number of rotatable bonds is 2. The average molecular weight is 264 g/mol. The lowest BCUT2D eigenvalue weighted by Crippen LogP contribution is -1.95. The van der Waals surface area contributed by atoms with E-state index >= 15 is 0 Å². The van der Waals surface area contributed by atoms with E-state index in [1.165, 1.54) is 40.1 Å². The third kappa shape index (κ3) is 1.96. The fourth-order valence-electron chi connectivity index (χ4n) is 2.55. The zero-order chi connectivity index (χ0) is 12.0. The van der Waals surface area contributed by atoms with E-state index in [1.54, 1.807) is 22.7 Å². The van der Waals surface area contributed by atoms with Crippen molar-refractivity contribution in [1.82, 2.24) is 0 Å². The highest BCUT2D eigenvalue weighted by atomic mass is 32.1. The molecule has 0 amide bonds. The fourth-order valence-corrected chi connectivity index (χ4v) is 4.92. The molecule has 0 spiro atoms. The first-order chi connectivity index (χ1) is 8.15. The van der Waals surface area contributed by atoms with Gasteiger partial charge in [0.05, 0.1) is 0 Å². The van der Waals surface area contributed by atoms with Gasteiger partial charge in [0, 0.05) is 19.5 Å². The van der Waals surface area contributed by atoms with Crippen molar-refractivity contribution in [2.24, 2.45) is 0 Å². The number of hydrogen-bond acceptors (Lipinski definition) is 3. The van der Waals surface area contributed by atoms with Crippen LogP contribution in [0.5, 0.6) is 0 Å². The van der Waals surface area contributed by atoms with Crippen LogP contribution in [0.25, 0.3) is 0 Å². The molecule has 3 rings (SSSR count). The van der Waals surface area contributed by atoms with Crippen molar-refractivity contribution < 1.29 is 5.11 Å². The molecule has 1 N–H and O–H groups in total. The molecule has 1 atom stereocenters. The van der Waals surface area contributed by atoms with Gasteiger partial charge in [-0.15, -0.1) is 22.7 Å². The molecule has 0 bridgehead atoms. The molecule has 2 aromatic heterocycles. The van der Waals surface area contributed by atoms with Crippen LogP contribution in [0.1, 0.15) is 43.2 Å². The molecule has 0 saturated carbocycles. The number of fused-ring (bicyclic) bond motifs is 1. The number of aliphatic hydroxyl groups excluding tert-OH is 1. The number of aliphatic hydroxyl groups is 1. The lowest BCUT2D eigenvalue weighted by atomic mass is 10.1. The van der Waals surface area contributed by atoms with E-state index in [0.717, 1.165) is 9.75 Å². The molecule has 1 nitrogen and oxygen atoms in total. The van der Waals surface area contributed by atoms with Gasteiger partial charge in [0.2, 0.25) is 0 Å². The second-order valence-corrected chi connectivity index (χ2v) is 7.21. The summed E-state index contributed by atoms with van der Waals surface area (Å²) >= 11 is 3.51. The SMILES string of the molecule is Cc1cc(C)c(C(O)c2cc3c(s2)CCC3)s1. The number of aryl methyl sites for hydroxylation is 4.